The van der Waals surface area contributed by atoms with Gasteiger partial charge in [0.05, 0.1) is 5.39 Å². The minimum absolute atomic E-state index is 0.00471. The van der Waals surface area contributed by atoms with Gasteiger partial charge in [-0.25, -0.2) is 4.98 Å². The van der Waals surface area contributed by atoms with Crippen LogP contribution < -0.4 is 5.56 Å². The molecule has 2 aromatic heterocycles. The number of fused-ring (bicyclic) bond motifs is 5. The van der Waals surface area contributed by atoms with Crippen molar-refractivity contribution < 1.29 is 0 Å². The summed E-state index contributed by atoms with van der Waals surface area (Å²) in [6.45, 7) is 0. The first-order valence-corrected chi connectivity index (χ1v) is 11.6. The highest BCUT2D eigenvalue weighted by Gasteiger charge is 2.20. The molecule has 0 bridgehead atoms. The Kier molecular flexibility index (Phi) is 4.20. The lowest BCUT2D eigenvalue weighted by Crippen LogP contribution is -2.11. The molecule has 2 heterocycles. The van der Waals surface area contributed by atoms with E-state index in [9.17, 15) is 4.79 Å². The number of aromatic amines is 1. The average Bonchev–Trinajstić information content (AvgIpc) is 3.08. The molecule has 0 saturated carbocycles. The van der Waals surface area contributed by atoms with E-state index in [2.05, 4.69) is 47.4 Å². The molecular formula is C26H22N2OS. The maximum Gasteiger partial charge on any atom is 0.260 e. The van der Waals surface area contributed by atoms with Gasteiger partial charge in [0.25, 0.3) is 5.56 Å². The Balaban J connectivity index is 1.67. The monoisotopic (exact) mass is 410 g/mol. The Bertz CT molecular complexity index is 1420. The molecular weight excluding hydrogens is 388 g/mol. The van der Waals surface area contributed by atoms with Crippen LogP contribution >= 0.6 is 11.3 Å². The van der Waals surface area contributed by atoms with Crippen molar-refractivity contribution in [2.75, 3.05) is 0 Å². The molecule has 148 valence electrons. The van der Waals surface area contributed by atoms with Crippen LogP contribution in [0.25, 0.3) is 43.1 Å². The molecule has 0 atom stereocenters. The number of H-pyrrole nitrogens is 1. The predicted molar refractivity (Wildman–Crippen MR) is 127 cm³/mol. The second kappa shape index (κ2) is 7.06. The van der Waals surface area contributed by atoms with Crippen molar-refractivity contribution in [1.82, 2.24) is 9.97 Å². The first-order chi connectivity index (χ1) is 14.8. The molecule has 0 unspecified atom stereocenters. The fourth-order valence-electron chi connectivity index (χ4n) is 4.90. The maximum absolute atomic E-state index is 13.3. The number of benzene rings is 3. The molecule has 4 heteroatoms. The molecule has 0 fully saturated rings. The molecule has 3 aromatic carbocycles. The van der Waals surface area contributed by atoms with Crippen LogP contribution in [0.4, 0.5) is 0 Å². The fraction of sp³-hybridized carbons (Fsp3) is 0.231. The molecule has 0 amide bonds. The normalized spacial score (nSPS) is 14.7. The highest BCUT2D eigenvalue weighted by molar-refractivity contribution is 7.18. The summed E-state index contributed by atoms with van der Waals surface area (Å²) in [5.74, 6) is 0.676. The molecule has 6 rings (SSSR count). The summed E-state index contributed by atoms with van der Waals surface area (Å²) >= 11 is 1.72. The summed E-state index contributed by atoms with van der Waals surface area (Å²) < 4.78 is 0. The van der Waals surface area contributed by atoms with Crippen molar-refractivity contribution in [2.24, 2.45) is 0 Å². The average molecular weight is 411 g/mol. The van der Waals surface area contributed by atoms with Gasteiger partial charge in [0.1, 0.15) is 10.7 Å². The number of nitrogens with zero attached hydrogens (tertiary/aromatic N) is 1. The first kappa shape index (κ1) is 17.8. The Morgan fingerprint density at radius 2 is 1.50 bits per heavy atom. The molecule has 0 aliphatic heterocycles. The van der Waals surface area contributed by atoms with Crippen LogP contribution in [0.5, 0.6) is 0 Å². The lowest BCUT2D eigenvalue weighted by molar-refractivity contribution is 0.623. The van der Waals surface area contributed by atoms with Gasteiger partial charge in [-0.3, -0.25) is 4.79 Å². The van der Waals surface area contributed by atoms with Gasteiger partial charge in [-0.15, -0.1) is 11.3 Å². The van der Waals surface area contributed by atoms with E-state index in [0.29, 0.717) is 5.82 Å². The Labute approximate surface area is 178 Å². The SMILES string of the molecule is O=c1[nH]c(-c2c3ccccc3cc3ccccc23)nc2sc3c(c12)CCCCCC3. The predicted octanol–water partition coefficient (Wildman–Crippen LogP) is 6.62. The highest BCUT2D eigenvalue weighted by Crippen LogP contribution is 2.37. The molecule has 1 aliphatic rings. The van der Waals surface area contributed by atoms with Gasteiger partial charge < -0.3 is 4.98 Å². The third kappa shape index (κ3) is 2.78. The van der Waals surface area contributed by atoms with E-state index >= 15 is 0 Å². The summed E-state index contributed by atoms with van der Waals surface area (Å²) in [4.78, 5) is 23.7. The lowest BCUT2D eigenvalue weighted by Gasteiger charge is -2.11. The minimum Gasteiger partial charge on any atom is -0.306 e. The van der Waals surface area contributed by atoms with Gasteiger partial charge >= 0.3 is 0 Å². The second-order valence-electron chi connectivity index (χ2n) is 8.21. The number of thiophene rings is 1. The number of aryl methyl sites for hydroxylation is 2. The third-order valence-electron chi connectivity index (χ3n) is 6.33. The van der Waals surface area contributed by atoms with Gasteiger partial charge in [-0.1, -0.05) is 61.4 Å². The summed E-state index contributed by atoms with van der Waals surface area (Å²) in [6, 6.07) is 18.9. The van der Waals surface area contributed by atoms with Crippen molar-refractivity contribution in [2.45, 2.75) is 38.5 Å². The van der Waals surface area contributed by atoms with E-state index in [-0.39, 0.29) is 5.56 Å². The van der Waals surface area contributed by atoms with Gasteiger partial charge in [0, 0.05) is 10.4 Å². The zero-order chi connectivity index (χ0) is 20.1. The summed E-state index contributed by atoms with van der Waals surface area (Å²) in [6.07, 6.45) is 6.97. The van der Waals surface area contributed by atoms with E-state index in [1.807, 2.05) is 12.1 Å². The number of nitrogens with one attached hydrogen (secondary N) is 1. The van der Waals surface area contributed by atoms with Crippen molar-refractivity contribution in [3.05, 3.63) is 75.4 Å². The first-order valence-electron chi connectivity index (χ1n) is 10.7. The smallest absolute Gasteiger partial charge is 0.260 e. The minimum atomic E-state index is 0.00471. The highest BCUT2D eigenvalue weighted by atomic mass is 32.1. The zero-order valence-corrected chi connectivity index (χ0v) is 17.5. The molecule has 1 N–H and O–H groups in total. The Morgan fingerprint density at radius 3 is 2.23 bits per heavy atom. The maximum atomic E-state index is 13.3. The second-order valence-corrected chi connectivity index (χ2v) is 9.29. The molecule has 0 saturated heterocycles. The largest absolute Gasteiger partial charge is 0.306 e. The molecule has 5 aromatic rings. The fourth-order valence-corrected chi connectivity index (χ4v) is 6.17. The number of aromatic nitrogens is 2. The van der Waals surface area contributed by atoms with E-state index in [1.54, 1.807) is 11.3 Å². The van der Waals surface area contributed by atoms with Gasteiger partial charge in [-0.2, -0.15) is 0 Å². The van der Waals surface area contributed by atoms with E-state index in [0.717, 1.165) is 56.6 Å². The van der Waals surface area contributed by atoms with Crippen LogP contribution in [0.15, 0.2) is 59.4 Å². The van der Waals surface area contributed by atoms with Crippen LogP contribution in [-0.2, 0) is 12.8 Å². The van der Waals surface area contributed by atoms with E-state index in [1.165, 1.54) is 29.7 Å². The van der Waals surface area contributed by atoms with Crippen LogP contribution in [0.3, 0.4) is 0 Å². The topological polar surface area (TPSA) is 45.8 Å². The Morgan fingerprint density at radius 1 is 0.833 bits per heavy atom. The van der Waals surface area contributed by atoms with Crippen molar-refractivity contribution in [1.29, 1.82) is 0 Å². The quantitative estimate of drug-likeness (QED) is 0.316. The number of hydrogen-bond acceptors (Lipinski definition) is 3. The molecule has 0 spiro atoms. The molecule has 0 radical (unpaired) electrons. The van der Waals surface area contributed by atoms with Crippen LogP contribution in [0.2, 0.25) is 0 Å². The zero-order valence-electron chi connectivity index (χ0n) is 16.7. The molecule has 30 heavy (non-hydrogen) atoms. The summed E-state index contributed by atoms with van der Waals surface area (Å²) in [5, 5.41) is 5.38. The van der Waals surface area contributed by atoms with E-state index in [4.69, 9.17) is 4.98 Å². The van der Waals surface area contributed by atoms with Crippen molar-refractivity contribution in [3.63, 3.8) is 0 Å². The van der Waals surface area contributed by atoms with Gasteiger partial charge in [-0.05, 0) is 58.9 Å². The number of rotatable bonds is 1. The van der Waals surface area contributed by atoms with Crippen LogP contribution in [-0.4, -0.2) is 9.97 Å². The number of hydrogen-bond donors (Lipinski definition) is 1. The van der Waals surface area contributed by atoms with Gasteiger partial charge in [0.2, 0.25) is 0 Å². The van der Waals surface area contributed by atoms with E-state index < -0.39 is 0 Å². The van der Waals surface area contributed by atoms with Crippen LogP contribution in [0.1, 0.15) is 36.1 Å². The lowest BCUT2D eigenvalue weighted by atomic mass is 9.96. The third-order valence-corrected chi connectivity index (χ3v) is 7.52. The van der Waals surface area contributed by atoms with Gasteiger partial charge in [0.15, 0.2) is 0 Å². The summed E-state index contributed by atoms with van der Waals surface area (Å²) in [7, 11) is 0. The molecule has 1 aliphatic carbocycles. The van der Waals surface area contributed by atoms with Crippen LogP contribution in [0, 0.1) is 0 Å². The van der Waals surface area contributed by atoms with Crippen molar-refractivity contribution in [3.8, 4) is 11.4 Å². The molecule has 3 nitrogen and oxygen atoms in total. The standard InChI is InChI=1S/C26H22N2OS/c29-25-23-20-13-3-1-2-4-14-21(20)30-26(23)28-24(27-25)22-18-11-7-5-9-16(18)15-17-10-6-8-12-19(17)22/h5-12,15H,1-4,13-14H2,(H,27,28,29). The Hall–Kier alpha value is -2.98. The van der Waals surface area contributed by atoms with Crippen molar-refractivity contribution >= 4 is 43.1 Å². The summed E-state index contributed by atoms with van der Waals surface area (Å²) in [5.41, 5.74) is 2.27.